The maximum absolute atomic E-state index is 13.7. The summed E-state index contributed by atoms with van der Waals surface area (Å²) < 4.78 is 55.4. The molecule has 2 amide bonds. The summed E-state index contributed by atoms with van der Waals surface area (Å²) in [6, 6.07) is 12.8. The highest BCUT2D eigenvalue weighted by Gasteiger charge is 2.39. The van der Waals surface area contributed by atoms with E-state index in [9.17, 15) is 27.2 Å². The number of para-hydroxylation sites is 1. The molecule has 0 aliphatic carbocycles. The smallest absolute Gasteiger partial charge is 0.366 e. The molecule has 0 fully saturated rings. The molecule has 3 N–H and O–H groups in total. The van der Waals surface area contributed by atoms with Gasteiger partial charge in [0.15, 0.2) is 5.69 Å². The van der Waals surface area contributed by atoms with E-state index in [1.165, 1.54) is 31.2 Å². The third kappa shape index (κ3) is 4.45. The lowest BCUT2D eigenvalue weighted by molar-refractivity contribution is -0.140. The first-order chi connectivity index (χ1) is 16.0. The first-order valence-corrected chi connectivity index (χ1v) is 9.94. The maximum Gasteiger partial charge on any atom is 0.437 e. The minimum absolute atomic E-state index is 0.00974. The summed E-state index contributed by atoms with van der Waals surface area (Å²) in [5.74, 6) is -2.27. The lowest BCUT2D eigenvalue weighted by Gasteiger charge is -2.10. The van der Waals surface area contributed by atoms with Crippen molar-refractivity contribution in [3.8, 4) is 0 Å². The summed E-state index contributed by atoms with van der Waals surface area (Å²) >= 11 is 0. The van der Waals surface area contributed by atoms with Gasteiger partial charge in [0, 0.05) is 5.39 Å². The molecule has 4 aromatic rings. The van der Waals surface area contributed by atoms with E-state index in [1.54, 1.807) is 24.3 Å². The summed E-state index contributed by atoms with van der Waals surface area (Å²) in [4.78, 5) is 28.9. The molecule has 0 saturated heterocycles. The molecule has 7 nitrogen and oxygen atoms in total. The number of carbonyl (C=O) groups excluding carboxylic acids is 2. The zero-order valence-electron chi connectivity index (χ0n) is 17.7. The van der Waals surface area contributed by atoms with Crippen LogP contribution in [-0.4, -0.2) is 26.6 Å². The van der Waals surface area contributed by atoms with Crippen LogP contribution in [0.1, 0.15) is 37.8 Å². The third-order valence-electron chi connectivity index (χ3n) is 5.17. The third-order valence-corrected chi connectivity index (χ3v) is 5.17. The van der Waals surface area contributed by atoms with Gasteiger partial charge < -0.3 is 11.1 Å². The van der Waals surface area contributed by atoms with Crippen LogP contribution < -0.4 is 11.1 Å². The predicted octanol–water partition coefficient (Wildman–Crippen LogP) is 4.30. The second-order valence-corrected chi connectivity index (χ2v) is 7.48. The van der Waals surface area contributed by atoms with Gasteiger partial charge in [-0.3, -0.25) is 14.3 Å². The van der Waals surface area contributed by atoms with Gasteiger partial charge in [0.2, 0.25) is 5.91 Å². The fraction of sp³-hybridized carbons (Fsp3) is 0.130. The van der Waals surface area contributed by atoms with E-state index in [-0.39, 0.29) is 29.0 Å². The molecule has 174 valence electrons. The minimum Gasteiger partial charge on any atom is -0.366 e. The number of amides is 2. The van der Waals surface area contributed by atoms with Crippen LogP contribution in [0.2, 0.25) is 0 Å². The molecule has 0 spiro atoms. The van der Waals surface area contributed by atoms with Gasteiger partial charge in [-0.2, -0.15) is 18.3 Å². The Labute approximate surface area is 190 Å². The van der Waals surface area contributed by atoms with E-state index in [4.69, 9.17) is 5.73 Å². The molecule has 34 heavy (non-hydrogen) atoms. The van der Waals surface area contributed by atoms with Gasteiger partial charge in [0.1, 0.15) is 11.5 Å². The molecule has 0 aliphatic rings. The average molecular weight is 471 g/mol. The fourth-order valence-corrected chi connectivity index (χ4v) is 3.48. The summed E-state index contributed by atoms with van der Waals surface area (Å²) in [5, 5.41) is 6.27. The molecule has 0 atom stereocenters. The number of halogens is 4. The zero-order chi connectivity index (χ0) is 24.6. The van der Waals surface area contributed by atoms with Crippen LogP contribution >= 0.6 is 0 Å². The number of hydrogen-bond acceptors (Lipinski definition) is 4. The van der Waals surface area contributed by atoms with Crippen molar-refractivity contribution in [1.82, 2.24) is 14.8 Å². The summed E-state index contributed by atoms with van der Waals surface area (Å²) in [6.45, 7) is 1.29. The van der Waals surface area contributed by atoms with Gasteiger partial charge in [0.05, 0.1) is 29.0 Å². The Bertz CT molecular complexity index is 1410. The van der Waals surface area contributed by atoms with Crippen molar-refractivity contribution in [3.05, 3.63) is 88.6 Å². The second-order valence-electron chi connectivity index (χ2n) is 7.48. The highest BCUT2D eigenvalue weighted by atomic mass is 19.4. The van der Waals surface area contributed by atoms with Crippen molar-refractivity contribution in [2.45, 2.75) is 19.6 Å². The van der Waals surface area contributed by atoms with Crippen molar-refractivity contribution in [2.75, 3.05) is 5.32 Å². The molecule has 0 bridgehead atoms. The Morgan fingerprint density at radius 3 is 2.41 bits per heavy atom. The van der Waals surface area contributed by atoms with Crippen molar-refractivity contribution >= 4 is 28.4 Å². The molecule has 2 aromatic heterocycles. The van der Waals surface area contributed by atoms with Crippen molar-refractivity contribution in [1.29, 1.82) is 0 Å². The number of nitrogens with one attached hydrogen (secondary N) is 1. The Hall–Kier alpha value is -4.28. The Kier molecular flexibility index (Phi) is 5.78. The fourth-order valence-electron chi connectivity index (χ4n) is 3.48. The molecule has 11 heteroatoms. The van der Waals surface area contributed by atoms with Gasteiger partial charge in [-0.25, -0.2) is 9.37 Å². The molecule has 2 heterocycles. The van der Waals surface area contributed by atoms with Crippen LogP contribution in [0.25, 0.3) is 10.9 Å². The quantitative estimate of drug-likeness (QED) is 0.424. The van der Waals surface area contributed by atoms with E-state index >= 15 is 0 Å². The lowest BCUT2D eigenvalue weighted by atomic mass is 10.1. The van der Waals surface area contributed by atoms with Crippen LogP contribution in [0.15, 0.2) is 54.6 Å². The average Bonchev–Trinajstić information content (AvgIpc) is 3.10. The SMILES string of the molecule is Cc1c(NC(=O)c2cc(C(N)=O)c3ccccc3n2)c(C(F)(F)F)nn1Cc1ccc(F)cc1. The van der Waals surface area contributed by atoms with E-state index < -0.39 is 35.2 Å². The number of hydrogen-bond donors (Lipinski definition) is 2. The van der Waals surface area contributed by atoms with Crippen LogP contribution in [0.3, 0.4) is 0 Å². The number of aromatic nitrogens is 3. The largest absolute Gasteiger partial charge is 0.437 e. The lowest BCUT2D eigenvalue weighted by Crippen LogP contribution is -2.19. The second kappa shape index (κ2) is 8.58. The number of fused-ring (bicyclic) bond motifs is 1. The first-order valence-electron chi connectivity index (χ1n) is 9.94. The van der Waals surface area contributed by atoms with Gasteiger partial charge in [0.25, 0.3) is 5.91 Å². The van der Waals surface area contributed by atoms with E-state index in [1.807, 2.05) is 0 Å². The number of pyridine rings is 1. The maximum atomic E-state index is 13.7. The van der Waals surface area contributed by atoms with Crippen LogP contribution in [-0.2, 0) is 12.7 Å². The molecule has 4 rings (SSSR count). The molecule has 0 radical (unpaired) electrons. The number of rotatable bonds is 5. The Morgan fingerprint density at radius 2 is 1.76 bits per heavy atom. The number of nitrogens with zero attached hydrogens (tertiary/aromatic N) is 3. The molecule has 0 saturated carbocycles. The number of primary amides is 1. The minimum atomic E-state index is -4.86. The van der Waals surface area contributed by atoms with Gasteiger partial charge in [-0.15, -0.1) is 0 Å². The van der Waals surface area contributed by atoms with Crippen LogP contribution in [0, 0.1) is 12.7 Å². The van der Waals surface area contributed by atoms with Crippen LogP contribution in [0.5, 0.6) is 0 Å². The Morgan fingerprint density at radius 1 is 1.09 bits per heavy atom. The van der Waals surface area contributed by atoms with Crippen molar-refractivity contribution in [3.63, 3.8) is 0 Å². The van der Waals surface area contributed by atoms with Gasteiger partial charge >= 0.3 is 6.18 Å². The molecule has 2 aromatic carbocycles. The van der Waals surface area contributed by atoms with Crippen molar-refractivity contribution in [2.24, 2.45) is 5.73 Å². The zero-order valence-corrected chi connectivity index (χ0v) is 17.7. The molecule has 0 aliphatic heterocycles. The normalized spacial score (nSPS) is 11.6. The topological polar surface area (TPSA) is 103 Å². The van der Waals surface area contributed by atoms with Crippen LogP contribution in [0.4, 0.5) is 23.2 Å². The highest BCUT2D eigenvalue weighted by Crippen LogP contribution is 2.36. The Balaban J connectivity index is 1.73. The number of benzene rings is 2. The molecular formula is C23H17F4N5O2. The number of nitrogens with two attached hydrogens (primary N) is 1. The molecular weight excluding hydrogens is 454 g/mol. The first kappa shape index (κ1) is 22.9. The van der Waals surface area contributed by atoms with E-state index in [0.717, 1.165) is 10.7 Å². The predicted molar refractivity (Wildman–Crippen MR) is 116 cm³/mol. The van der Waals surface area contributed by atoms with Gasteiger partial charge in [-0.05, 0) is 36.8 Å². The number of anilines is 1. The summed E-state index contributed by atoms with van der Waals surface area (Å²) in [5.41, 5.74) is 4.12. The standard InChI is InChI=1S/C23H17F4N5O2/c1-12-19(20(23(25,26)27)31-32(12)11-13-6-8-14(24)9-7-13)30-22(34)18-10-16(21(28)33)15-4-2-3-5-17(15)29-18/h2-10H,11H2,1H3,(H2,28,33)(H,30,34). The summed E-state index contributed by atoms with van der Waals surface area (Å²) in [6.07, 6.45) is -4.86. The summed E-state index contributed by atoms with van der Waals surface area (Å²) in [7, 11) is 0. The molecule has 0 unspecified atom stereocenters. The van der Waals surface area contributed by atoms with E-state index in [0.29, 0.717) is 10.9 Å². The monoisotopic (exact) mass is 471 g/mol. The van der Waals surface area contributed by atoms with Gasteiger partial charge in [-0.1, -0.05) is 30.3 Å². The number of alkyl halides is 3. The van der Waals surface area contributed by atoms with Crippen molar-refractivity contribution < 1.29 is 27.2 Å². The highest BCUT2D eigenvalue weighted by molar-refractivity contribution is 6.10. The van der Waals surface area contributed by atoms with E-state index in [2.05, 4.69) is 15.4 Å². The number of carbonyl (C=O) groups is 2.